The maximum atomic E-state index is 12.3. The van der Waals surface area contributed by atoms with E-state index in [4.69, 9.17) is 9.47 Å². The van der Waals surface area contributed by atoms with Gasteiger partial charge in [0.1, 0.15) is 6.61 Å². The number of nitrogens with one attached hydrogen (secondary N) is 2. The number of rotatable bonds is 2. The molecule has 1 aliphatic heterocycles. The second-order valence-electron chi connectivity index (χ2n) is 6.43. The molecule has 26 heavy (non-hydrogen) atoms. The summed E-state index contributed by atoms with van der Waals surface area (Å²) in [5.41, 5.74) is 6.19. The second kappa shape index (κ2) is 7.37. The van der Waals surface area contributed by atoms with Crippen molar-refractivity contribution in [3.05, 3.63) is 45.6 Å². The minimum Gasteiger partial charge on any atom is -0.485 e. The zero-order chi connectivity index (χ0) is 17.9. The molecule has 0 bridgehead atoms. The Morgan fingerprint density at radius 1 is 1.04 bits per heavy atom. The predicted octanol–water partition coefficient (Wildman–Crippen LogP) is 2.62. The van der Waals surface area contributed by atoms with E-state index in [0.29, 0.717) is 16.4 Å². The quantitative estimate of drug-likeness (QED) is 0.628. The van der Waals surface area contributed by atoms with Crippen LogP contribution >= 0.6 is 11.3 Å². The number of para-hydroxylation sites is 2. The van der Waals surface area contributed by atoms with Crippen LogP contribution in [0.4, 0.5) is 0 Å². The van der Waals surface area contributed by atoms with Crippen molar-refractivity contribution < 1.29 is 19.1 Å². The molecule has 1 aromatic carbocycles. The van der Waals surface area contributed by atoms with E-state index in [1.54, 1.807) is 12.1 Å². The monoisotopic (exact) mass is 372 g/mol. The summed E-state index contributed by atoms with van der Waals surface area (Å²) in [5, 5.41) is 0. The summed E-state index contributed by atoms with van der Waals surface area (Å²) in [6, 6.07) is 9.12. The predicted molar refractivity (Wildman–Crippen MR) is 97.5 cm³/mol. The van der Waals surface area contributed by atoms with Gasteiger partial charge in [-0.25, -0.2) is 0 Å². The van der Waals surface area contributed by atoms with Crippen LogP contribution in [-0.2, 0) is 17.6 Å². The molecule has 0 fully saturated rings. The molecule has 1 atom stereocenters. The SMILES string of the molecule is O=C(NNC(=O)C1COc2ccccc2O1)c1cc2c(s1)CCCCC2. The van der Waals surface area contributed by atoms with E-state index in [-0.39, 0.29) is 12.5 Å². The van der Waals surface area contributed by atoms with Crippen molar-refractivity contribution in [3.8, 4) is 11.5 Å². The summed E-state index contributed by atoms with van der Waals surface area (Å²) in [4.78, 5) is 26.5. The topological polar surface area (TPSA) is 76.7 Å². The number of carbonyl (C=O) groups is 2. The second-order valence-corrected chi connectivity index (χ2v) is 7.56. The highest BCUT2D eigenvalue weighted by Gasteiger charge is 2.27. The van der Waals surface area contributed by atoms with Crippen LogP contribution in [0.25, 0.3) is 0 Å². The first-order valence-electron chi connectivity index (χ1n) is 8.81. The van der Waals surface area contributed by atoms with Crippen LogP contribution in [-0.4, -0.2) is 24.5 Å². The normalized spacial score (nSPS) is 18.4. The summed E-state index contributed by atoms with van der Waals surface area (Å²) in [5.74, 6) is 0.396. The Morgan fingerprint density at radius 3 is 2.73 bits per heavy atom. The molecule has 2 aromatic rings. The molecule has 1 aromatic heterocycles. The van der Waals surface area contributed by atoms with Crippen LogP contribution in [0.5, 0.6) is 11.5 Å². The highest BCUT2D eigenvalue weighted by molar-refractivity contribution is 7.14. The number of hydrogen-bond acceptors (Lipinski definition) is 5. The molecular formula is C19H20N2O4S. The van der Waals surface area contributed by atoms with Gasteiger partial charge in [0.2, 0.25) is 6.10 Å². The lowest BCUT2D eigenvalue weighted by molar-refractivity contribution is -0.131. The molecule has 136 valence electrons. The maximum Gasteiger partial charge on any atom is 0.283 e. The number of ether oxygens (including phenoxy) is 2. The van der Waals surface area contributed by atoms with Crippen molar-refractivity contribution in [2.24, 2.45) is 0 Å². The van der Waals surface area contributed by atoms with Gasteiger partial charge in [0.25, 0.3) is 11.8 Å². The minimum absolute atomic E-state index is 0.103. The molecule has 6 nitrogen and oxygen atoms in total. The largest absolute Gasteiger partial charge is 0.485 e. The van der Waals surface area contributed by atoms with E-state index >= 15 is 0 Å². The van der Waals surface area contributed by atoms with Crippen molar-refractivity contribution in [1.82, 2.24) is 10.9 Å². The number of amides is 2. The first-order chi connectivity index (χ1) is 12.7. The standard InChI is InChI=1S/C19H20N2O4S/c22-18(15-11-24-13-7-4-5-8-14(13)25-15)20-21-19(23)17-10-12-6-2-1-3-9-16(12)26-17/h4-5,7-8,10,15H,1-3,6,9,11H2,(H,20,22)(H,21,23). The zero-order valence-corrected chi connectivity index (χ0v) is 15.1. The fourth-order valence-electron chi connectivity index (χ4n) is 3.19. The first-order valence-corrected chi connectivity index (χ1v) is 9.62. The molecule has 0 saturated carbocycles. The number of fused-ring (bicyclic) bond motifs is 2. The molecule has 2 amide bonds. The Bertz CT molecular complexity index is 809. The van der Waals surface area contributed by atoms with Crippen molar-refractivity contribution in [1.29, 1.82) is 0 Å². The van der Waals surface area contributed by atoms with Crippen molar-refractivity contribution in [3.63, 3.8) is 0 Å². The van der Waals surface area contributed by atoms with Crippen LogP contribution in [0, 0.1) is 0 Å². The lowest BCUT2D eigenvalue weighted by atomic mass is 10.1. The molecule has 1 aliphatic carbocycles. The molecule has 4 rings (SSSR count). The van der Waals surface area contributed by atoms with Crippen molar-refractivity contribution in [2.45, 2.75) is 38.2 Å². The lowest BCUT2D eigenvalue weighted by Crippen LogP contribution is -2.50. The van der Waals surface area contributed by atoms with Gasteiger partial charge in [-0.15, -0.1) is 11.3 Å². The molecule has 0 saturated heterocycles. The molecular weight excluding hydrogens is 352 g/mol. The van der Waals surface area contributed by atoms with Crippen LogP contribution in [0.15, 0.2) is 30.3 Å². The van der Waals surface area contributed by atoms with Crippen molar-refractivity contribution >= 4 is 23.2 Å². The number of hydrazine groups is 1. The number of thiophene rings is 1. The van der Waals surface area contributed by atoms with E-state index in [9.17, 15) is 9.59 Å². The number of carbonyl (C=O) groups excluding carboxylic acids is 2. The molecule has 0 spiro atoms. The van der Waals surface area contributed by atoms with E-state index in [0.717, 1.165) is 12.8 Å². The Labute approximate surface area is 155 Å². The fraction of sp³-hybridized carbons (Fsp3) is 0.368. The van der Waals surface area contributed by atoms with Gasteiger partial charge >= 0.3 is 0 Å². The van der Waals surface area contributed by atoms with Crippen LogP contribution in [0.1, 0.15) is 39.4 Å². The van der Waals surface area contributed by atoms with Gasteiger partial charge in [-0.1, -0.05) is 18.6 Å². The molecule has 0 radical (unpaired) electrons. The Hall–Kier alpha value is -2.54. The van der Waals surface area contributed by atoms with Crippen LogP contribution < -0.4 is 20.3 Å². The number of hydrogen-bond donors (Lipinski definition) is 2. The summed E-state index contributed by atoms with van der Waals surface area (Å²) in [6.45, 7) is 0.103. The fourth-order valence-corrected chi connectivity index (χ4v) is 4.34. The van der Waals surface area contributed by atoms with Gasteiger partial charge < -0.3 is 9.47 Å². The van der Waals surface area contributed by atoms with Gasteiger partial charge in [0.15, 0.2) is 11.5 Å². The van der Waals surface area contributed by atoms with Crippen molar-refractivity contribution in [2.75, 3.05) is 6.61 Å². The molecule has 1 unspecified atom stereocenters. The van der Waals surface area contributed by atoms with E-state index < -0.39 is 12.0 Å². The third-order valence-corrected chi connectivity index (χ3v) is 5.81. The summed E-state index contributed by atoms with van der Waals surface area (Å²) in [6.07, 6.45) is 4.84. The molecule has 2 heterocycles. The minimum atomic E-state index is -0.801. The summed E-state index contributed by atoms with van der Waals surface area (Å²) < 4.78 is 11.1. The molecule has 2 N–H and O–H groups in total. The van der Waals surface area contributed by atoms with Crippen LogP contribution in [0.2, 0.25) is 0 Å². The summed E-state index contributed by atoms with van der Waals surface area (Å²) in [7, 11) is 0. The molecule has 2 aliphatic rings. The maximum absolute atomic E-state index is 12.3. The van der Waals surface area contributed by atoms with Gasteiger partial charge in [-0.3, -0.25) is 20.4 Å². The Morgan fingerprint density at radius 2 is 1.85 bits per heavy atom. The average Bonchev–Trinajstić information content (AvgIpc) is 2.96. The third kappa shape index (κ3) is 3.53. The van der Waals surface area contributed by atoms with Gasteiger partial charge in [-0.05, 0) is 49.4 Å². The zero-order valence-electron chi connectivity index (χ0n) is 14.2. The highest BCUT2D eigenvalue weighted by Crippen LogP contribution is 2.31. The van der Waals surface area contributed by atoms with E-state index in [2.05, 4.69) is 10.9 Å². The molecule has 7 heteroatoms. The Balaban J connectivity index is 1.34. The summed E-state index contributed by atoms with van der Waals surface area (Å²) >= 11 is 1.52. The Kier molecular flexibility index (Phi) is 4.79. The number of benzene rings is 1. The first kappa shape index (κ1) is 16.9. The van der Waals surface area contributed by atoms with Gasteiger partial charge in [0.05, 0.1) is 4.88 Å². The van der Waals surface area contributed by atoms with E-state index in [1.807, 2.05) is 18.2 Å². The third-order valence-electron chi connectivity index (χ3n) is 4.57. The van der Waals surface area contributed by atoms with E-state index in [1.165, 1.54) is 41.0 Å². The van der Waals surface area contributed by atoms with Crippen LogP contribution in [0.3, 0.4) is 0 Å². The average molecular weight is 372 g/mol. The van der Waals surface area contributed by atoms with Gasteiger partial charge in [-0.2, -0.15) is 0 Å². The highest BCUT2D eigenvalue weighted by atomic mass is 32.1. The van der Waals surface area contributed by atoms with Gasteiger partial charge in [0, 0.05) is 4.88 Å². The lowest BCUT2D eigenvalue weighted by Gasteiger charge is -2.25. The number of aryl methyl sites for hydroxylation is 2. The smallest absolute Gasteiger partial charge is 0.283 e.